The van der Waals surface area contributed by atoms with Gasteiger partial charge >= 0.3 is 0 Å². The van der Waals surface area contributed by atoms with Crippen molar-refractivity contribution >= 4 is 61.1 Å². The second-order valence-corrected chi connectivity index (χ2v) is 10.2. The van der Waals surface area contributed by atoms with Crippen LogP contribution < -0.4 is 20.8 Å². The summed E-state index contributed by atoms with van der Waals surface area (Å²) in [6.07, 6.45) is 0. The monoisotopic (exact) mass is 533 g/mol. The number of rotatable bonds is 5. The average Bonchev–Trinajstić information content (AvgIpc) is 3.13. The van der Waals surface area contributed by atoms with Crippen LogP contribution in [0.5, 0.6) is 0 Å². The van der Waals surface area contributed by atoms with E-state index < -0.39 is 21.7 Å². The second kappa shape index (κ2) is 9.36. The molecule has 0 saturated heterocycles. The van der Waals surface area contributed by atoms with Gasteiger partial charge < -0.3 is 5.73 Å². The van der Waals surface area contributed by atoms with Crippen molar-refractivity contribution in [3.63, 3.8) is 0 Å². The lowest BCUT2D eigenvalue weighted by Crippen LogP contribution is -2.36. The van der Waals surface area contributed by atoms with Crippen LogP contribution in [-0.4, -0.2) is 25.1 Å². The molecule has 1 heterocycles. The molecule has 5 rings (SSSR count). The van der Waals surface area contributed by atoms with Crippen molar-refractivity contribution in [3.05, 3.63) is 102 Å². The average molecular weight is 534 g/mol. The Balaban J connectivity index is 1.65. The number of thiocarbonyl (C=S) groups is 1. The van der Waals surface area contributed by atoms with E-state index in [0.717, 1.165) is 21.3 Å². The van der Waals surface area contributed by atoms with Gasteiger partial charge in [-0.2, -0.15) is 5.10 Å². The Kier molecular flexibility index (Phi) is 6.20. The van der Waals surface area contributed by atoms with E-state index in [4.69, 9.17) is 23.1 Å². The number of halogens is 1. The summed E-state index contributed by atoms with van der Waals surface area (Å²) in [4.78, 5) is 14.7. The first-order valence-electron chi connectivity index (χ1n) is 11.0. The van der Waals surface area contributed by atoms with Crippen molar-refractivity contribution in [2.24, 2.45) is 16.0 Å². The molecule has 186 valence electrons. The number of hydrogen-bond acceptors (Lipinski definition) is 5. The van der Waals surface area contributed by atoms with Crippen LogP contribution in [0.3, 0.4) is 0 Å². The van der Waals surface area contributed by atoms with Gasteiger partial charge in [-0.15, -0.1) is 0 Å². The zero-order valence-corrected chi connectivity index (χ0v) is 20.8. The predicted octanol–water partition coefficient (Wildman–Crippen LogP) is 3.63. The summed E-state index contributed by atoms with van der Waals surface area (Å²) in [5.41, 5.74) is 6.80. The molecule has 1 aliphatic rings. The Labute approximate surface area is 217 Å². The summed E-state index contributed by atoms with van der Waals surface area (Å²) in [5, 5.41) is 12.2. The third kappa shape index (κ3) is 4.44. The lowest BCUT2D eigenvalue weighted by Gasteiger charge is -2.20. The zero-order chi connectivity index (χ0) is 26.3. The fourth-order valence-electron chi connectivity index (χ4n) is 4.37. The van der Waals surface area contributed by atoms with Crippen molar-refractivity contribution < 1.29 is 17.6 Å². The lowest BCUT2D eigenvalue weighted by atomic mass is 10.0. The molecule has 8 nitrogen and oxygen atoms in total. The van der Waals surface area contributed by atoms with Gasteiger partial charge in [0, 0.05) is 5.56 Å². The molecule has 0 unspecified atom stereocenters. The van der Waals surface area contributed by atoms with E-state index in [1.165, 1.54) is 35.2 Å². The van der Waals surface area contributed by atoms with Gasteiger partial charge in [-0.25, -0.2) is 23.0 Å². The van der Waals surface area contributed by atoms with Crippen LogP contribution in [0.15, 0.2) is 94.9 Å². The van der Waals surface area contributed by atoms with Crippen LogP contribution in [0.2, 0.25) is 0 Å². The molecule has 11 heteroatoms. The number of carbonyl (C=O) groups excluding carboxylic acids is 1. The summed E-state index contributed by atoms with van der Waals surface area (Å²) in [6, 6.07) is 23.4. The van der Waals surface area contributed by atoms with Gasteiger partial charge in [0.15, 0.2) is 10.8 Å². The number of fused-ring (bicyclic) bond motifs is 2. The van der Waals surface area contributed by atoms with E-state index in [0.29, 0.717) is 0 Å². The fourth-order valence-corrected chi connectivity index (χ4v) is 5.22. The summed E-state index contributed by atoms with van der Waals surface area (Å²) in [5.74, 6) is -1.20. The Morgan fingerprint density at radius 2 is 1.65 bits per heavy atom. The Hall–Kier alpha value is -4.19. The molecule has 0 fully saturated rings. The first-order valence-corrected chi connectivity index (χ1v) is 13.0. The van der Waals surface area contributed by atoms with E-state index >= 15 is 4.39 Å². The first kappa shape index (κ1) is 24.5. The van der Waals surface area contributed by atoms with Crippen molar-refractivity contribution in [1.82, 2.24) is 0 Å². The molecule has 0 bridgehead atoms. The molecule has 0 atom stereocenters. The molecule has 0 aliphatic carbocycles. The van der Waals surface area contributed by atoms with Crippen molar-refractivity contribution in [2.45, 2.75) is 11.4 Å². The van der Waals surface area contributed by atoms with Gasteiger partial charge in [0.1, 0.15) is 10.7 Å². The minimum atomic E-state index is -4.18. The normalized spacial score (nSPS) is 14.3. The highest BCUT2D eigenvalue weighted by atomic mass is 32.2. The van der Waals surface area contributed by atoms with Crippen LogP contribution in [0.25, 0.3) is 10.8 Å². The SMILES string of the molecule is NC(=S)N(/N=C1\C(=O)N(Cc2cccc3ccccc23)c2c(F)cccc21)c1ccccc1S(N)(=O)=O. The smallest absolute Gasteiger partial charge is 0.279 e. The van der Waals surface area contributed by atoms with Gasteiger partial charge in [-0.05, 0) is 46.8 Å². The number of benzene rings is 4. The first-order chi connectivity index (χ1) is 17.7. The molecule has 1 aliphatic heterocycles. The zero-order valence-electron chi connectivity index (χ0n) is 19.2. The standard InChI is InChI=1S/C26H20FN5O3S2/c27-20-12-6-11-19-23(30-32(26(28)36)21-13-3-4-14-22(21)37(29,34)35)25(33)31(24(19)20)15-17-9-5-8-16-7-1-2-10-18(16)17/h1-14H,15H2,(H2,28,36)(H2,29,34,35)/b30-23-. The van der Waals surface area contributed by atoms with E-state index in [9.17, 15) is 13.2 Å². The second-order valence-electron chi connectivity index (χ2n) is 8.28. The fraction of sp³-hybridized carbons (Fsp3) is 0.0385. The highest BCUT2D eigenvalue weighted by Gasteiger charge is 2.38. The minimum Gasteiger partial charge on any atom is -0.374 e. The molecule has 1 amide bonds. The summed E-state index contributed by atoms with van der Waals surface area (Å²) in [6.45, 7) is 0.0774. The van der Waals surface area contributed by atoms with E-state index in [1.807, 2.05) is 42.5 Å². The van der Waals surface area contributed by atoms with Gasteiger partial charge in [-0.3, -0.25) is 9.69 Å². The Morgan fingerprint density at radius 3 is 2.41 bits per heavy atom. The Bertz CT molecular complexity index is 1720. The number of primary sulfonamides is 1. The van der Waals surface area contributed by atoms with E-state index in [1.54, 1.807) is 12.1 Å². The van der Waals surface area contributed by atoms with Crippen LogP contribution >= 0.6 is 12.2 Å². The summed E-state index contributed by atoms with van der Waals surface area (Å²) < 4.78 is 39.5. The molecule has 4 aromatic rings. The maximum atomic E-state index is 15.1. The molecular formula is C26H20FN5O3S2. The maximum absolute atomic E-state index is 15.1. The number of nitrogens with two attached hydrogens (primary N) is 2. The van der Waals surface area contributed by atoms with E-state index in [-0.39, 0.29) is 39.2 Å². The summed E-state index contributed by atoms with van der Waals surface area (Å²) in [7, 11) is -4.18. The third-order valence-corrected chi connectivity index (χ3v) is 7.11. The molecule has 4 N–H and O–H groups in total. The highest BCUT2D eigenvalue weighted by Crippen LogP contribution is 2.35. The van der Waals surface area contributed by atoms with E-state index in [2.05, 4.69) is 5.10 Å². The number of sulfonamides is 1. The molecular weight excluding hydrogens is 513 g/mol. The Morgan fingerprint density at radius 1 is 0.973 bits per heavy atom. The summed E-state index contributed by atoms with van der Waals surface area (Å²) >= 11 is 5.13. The largest absolute Gasteiger partial charge is 0.374 e. The van der Waals surface area contributed by atoms with Crippen molar-refractivity contribution in [2.75, 3.05) is 9.91 Å². The van der Waals surface area contributed by atoms with Crippen LogP contribution in [0.4, 0.5) is 15.8 Å². The maximum Gasteiger partial charge on any atom is 0.279 e. The number of nitrogens with zero attached hydrogens (tertiary/aromatic N) is 3. The number of carbonyl (C=O) groups is 1. The van der Waals surface area contributed by atoms with Crippen molar-refractivity contribution in [3.8, 4) is 0 Å². The lowest BCUT2D eigenvalue weighted by molar-refractivity contribution is -0.112. The third-order valence-electron chi connectivity index (χ3n) is 5.98. The van der Waals surface area contributed by atoms with Crippen LogP contribution in [0, 0.1) is 5.82 Å². The molecule has 4 aromatic carbocycles. The minimum absolute atomic E-state index is 0.0387. The molecule has 0 saturated carbocycles. The number of hydrazone groups is 1. The number of amides is 1. The number of hydrogen-bond donors (Lipinski definition) is 2. The molecule has 0 spiro atoms. The predicted molar refractivity (Wildman–Crippen MR) is 145 cm³/mol. The van der Waals surface area contributed by atoms with Gasteiger partial charge in [0.05, 0.1) is 17.9 Å². The molecule has 37 heavy (non-hydrogen) atoms. The van der Waals surface area contributed by atoms with Crippen molar-refractivity contribution in [1.29, 1.82) is 0 Å². The molecule has 0 radical (unpaired) electrons. The number of anilines is 2. The molecule has 0 aromatic heterocycles. The topological polar surface area (TPSA) is 122 Å². The number of para-hydroxylation sites is 2. The quantitative estimate of drug-likeness (QED) is 0.298. The van der Waals surface area contributed by atoms with Crippen LogP contribution in [-0.2, 0) is 21.4 Å². The van der Waals surface area contributed by atoms with Gasteiger partial charge in [0.2, 0.25) is 10.0 Å². The van der Waals surface area contributed by atoms with Gasteiger partial charge in [0.25, 0.3) is 5.91 Å². The van der Waals surface area contributed by atoms with Crippen LogP contribution in [0.1, 0.15) is 11.1 Å². The van der Waals surface area contributed by atoms with Gasteiger partial charge in [-0.1, -0.05) is 66.7 Å². The highest BCUT2D eigenvalue weighted by molar-refractivity contribution is 7.89.